The predicted octanol–water partition coefficient (Wildman–Crippen LogP) is 1.45. The van der Waals surface area contributed by atoms with Crippen LogP contribution in [-0.2, 0) is 9.59 Å². The third-order valence-corrected chi connectivity index (χ3v) is 2.18. The van der Waals surface area contributed by atoms with Crippen molar-refractivity contribution >= 4 is 17.9 Å². The predicted molar refractivity (Wildman–Crippen MR) is 57.2 cm³/mol. The van der Waals surface area contributed by atoms with Crippen LogP contribution in [0.15, 0.2) is 12.1 Å². The number of rotatable bonds is 3. The third kappa shape index (κ3) is 2.56. The van der Waals surface area contributed by atoms with Gasteiger partial charge in [-0.05, 0) is 37.1 Å². The molecular formula is C11H13NO3. The average Bonchev–Trinajstić information content (AvgIpc) is 2.22. The number of ether oxygens (including phenoxy) is 1. The molecule has 4 heteroatoms. The standard InChI is InChI=1S/C11H13NO3/c1-7-4-9(12-11(14)6-13)10(15-3)5-8(7)2/h4-6H,1-3H3,(H,12,14). The van der Waals surface area contributed by atoms with Gasteiger partial charge in [0.15, 0.2) is 0 Å². The molecule has 15 heavy (non-hydrogen) atoms. The van der Waals surface area contributed by atoms with E-state index in [-0.39, 0.29) is 6.29 Å². The first-order chi connectivity index (χ1) is 7.08. The maximum atomic E-state index is 10.9. The fourth-order valence-electron chi connectivity index (χ4n) is 1.22. The second-order valence-corrected chi connectivity index (χ2v) is 3.24. The summed E-state index contributed by atoms with van der Waals surface area (Å²) in [5.41, 5.74) is 2.60. The molecule has 0 aromatic heterocycles. The Morgan fingerprint density at radius 2 is 1.93 bits per heavy atom. The van der Waals surface area contributed by atoms with Crippen molar-refractivity contribution in [2.75, 3.05) is 12.4 Å². The zero-order chi connectivity index (χ0) is 11.4. The monoisotopic (exact) mass is 207 g/mol. The van der Waals surface area contributed by atoms with Crippen LogP contribution in [-0.4, -0.2) is 19.3 Å². The number of nitrogens with one attached hydrogen (secondary N) is 1. The zero-order valence-electron chi connectivity index (χ0n) is 8.96. The number of aldehydes is 1. The second kappa shape index (κ2) is 4.59. The van der Waals surface area contributed by atoms with Crippen molar-refractivity contribution in [3.05, 3.63) is 23.3 Å². The van der Waals surface area contributed by atoms with E-state index in [0.29, 0.717) is 11.4 Å². The van der Waals surface area contributed by atoms with E-state index in [1.165, 1.54) is 7.11 Å². The quantitative estimate of drug-likeness (QED) is 0.603. The molecule has 1 aromatic rings. The minimum absolute atomic E-state index is 0.231. The first kappa shape index (κ1) is 11.2. The lowest BCUT2D eigenvalue weighted by Gasteiger charge is -2.11. The first-order valence-electron chi connectivity index (χ1n) is 4.50. The highest BCUT2D eigenvalue weighted by atomic mass is 16.5. The number of benzene rings is 1. The Morgan fingerprint density at radius 3 is 2.47 bits per heavy atom. The van der Waals surface area contributed by atoms with Gasteiger partial charge in [-0.15, -0.1) is 0 Å². The summed E-state index contributed by atoms with van der Waals surface area (Å²) in [6.07, 6.45) is 0.231. The van der Waals surface area contributed by atoms with Crippen molar-refractivity contribution in [1.29, 1.82) is 0 Å². The van der Waals surface area contributed by atoms with Gasteiger partial charge in [0.05, 0.1) is 12.8 Å². The molecule has 0 aliphatic rings. The molecular weight excluding hydrogens is 194 g/mol. The molecule has 1 amide bonds. The number of amides is 1. The maximum absolute atomic E-state index is 10.9. The molecule has 0 fully saturated rings. The summed E-state index contributed by atoms with van der Waals surface area (Å²) in [6.45, 7) is 3.87. The van der Waals surface area contributed by atoms with E-state index < -0.39 is 5.91 Å². The second-order valence-electron chi connectivity index (χ2n) is 3.24. The summed E-state index contributed by atoms with van der Waals surface area (Å²) in [7, 11) is 1.51. The van der Waals surface area contributed by atoms with Gasteiger partial charge in [-0.3, -0.25) is 9.59 Å². The number of hydrogen-bond donors (Lipinski definition) is 1. The van der Waals surface area contributed by atoms with Gasteiger partial charge >= 0.3 is 0 Å². The fourth-order valence-corrected chi connectivity index (χ4v) is 1.22. The fraction of sp³-hybridized carbons (Fsp3) is 0.273. The molecule has 0 aliphatic heterocycles. The minimum Gasteiger partial charge on any atom is -0.495 e. The molecule has 4 nitrogen and oxygen atoms in total. The lowest BCUT2D eigenvalue weighted by atomic mass is 10.1. The molecule has 1 aromatic carbocycles. The number of carbonyl (C=O) groups excluding carboxylic acids is 2. The van der Waals surface area contributed by atoms with Crippen LogP contribution in [0.1, 0.15) is 11.1 Å². The molecule has 0 aliphatic carbocycles. The molecule has 1 N–H and O–H groups in total. The molecule has 0 atom stereocenters. The maximum Gasteiger partial charge on any atom is 0.288 e. The Morgan fingerprint density at radius 1 is 1.33 bits per heavy atom. The van der Waals surface area contributed by atoms with Crippen molar-refractivity contribution in [3.8, 4) is 5.75 Å². The Hall–Kier alpha value is -1.84. The lowest BCUT2D eigenvalue weighted by Crippen LogP contribution is -2.13. The Balaban J connectivity index is 3.10. The highest BCUT2D eigenvalue weighted by Crippen LogP contribution is 2.27. The van der Waals surface area contributed by atoms with E-state index in [2.05, 4.69) is 5.32 Å². The van der Waals surface area contributed by atoms with Gasteiger partial charge in [0.1, 0.15) is 5.75 Å². The molecule has 0 bridgehead atoms. The van der Waals surface area contributed by atoms with Gasteiger partial charge in [0, 0.05) is 0 Å². The van der Waals surface area contributed by atoms with Gasteiger partial charge in [-0.25, -0.2) is 0 Å². The van der Waals surface area contributed by atoms with E-state index in [0.717, 1.165) is 11.1 Å². The lowest BCUT2D eigenvalue weighted by molar-refractivity contribution is -0.127. The van der Waals surface area contributed by atoms with Crippen LogP contribution in [0.3, 0.4) is 0 Å². The zero-order valence-corrected chi connectivity index (χ0v) is 8.96. The highest BCUT2D eigenvalue weighted by Gasteiger charge is 2.08. The largest absolute Gasteiger partial charge is 0.495 e. The van der Waals surface area contributed by atoms with Gasteiger partial charge < -0.3 is 10.1 Å². The SMILES string of the molecule is COc1cc(C)c(C)cc1NC(=O)C=O. The van der Waals surface area contributed by atoms with Gasteiger partial charge in [-0.2, -0.15) is 0 Å². The van der Waals surface area contributed by atoms with E-state index in [9.17, 15) is 9.59 Å². The molecule has 80 valence electrons. The summed E-state index contributed by atoms with van der Waals surface area (Å²) in [6, 6.07) is 3.59. The molecule has 0 radical (unpaired) electrons. The van der Waals surface area contributed by atoms with Crippen LogP contribution in [0.25, 0.3) is 0 Å². The van der Waals surface area contributed by atoms with Crippen molar-refractivity contribution in [2.24, 2.45) is 0 Å². The summed E-state index contributed by atoms with van der Waals surface area (Å²) in [4.78, 5) is 21.1. The van der Waals surface area contributed by atoms with Crippen LogP contribution >= 0.6 is 0 Å². The number of aryl methyl sites for hydroxylation is 2. The Kier molecular flexibility index (Phi) is 3.44. The molecule has 0 spiro atoms. The van der Waals surface area contributed by atoms with E-state index in [1.807, 2.05) is 19.9 Å². The van der Waals surface area contributed by atoms with Crippen LogP contribution in [0.2, 0.25) is 0 Å². The van der Waals surface area contributed by atoms with Crippen molar-refractivity contribution in [2.45, 2.75) is 13.8 Å². The van der Waals surface area contributed by atoms with E-state index >= 15 is 0 Å². The van der Waals surface area contributed by atoms with Crippen molar-refractivity contribution < 1.29 is 14.3 Å². The van der Waals surface area contributed by atoms with Gasteiger partial charge in [-0.1, -0.05) is 0 Å². The minimum atomic E-state index is -0.684. The van der Waals surface area contributed by atoms with Crippen molar-refractivity contribution in [1.82, 2.24) is 0 Å². The molecule has 0 saturated heterocycles. The van der Waals surface area contributed by atoms with Crippen molar-refractivity contribution in [3.63, 3.8) is 0 Å². The average molecular weight is 207 g/mol. The smallest absolute Gasteiger partial charge is 0.288 e. The molecule has 0 heterocycles. The number of anilines is 1. The van der Waals surface area contributed by atoms with Crippen LogP contribution in [0.5, 0.6) is 5.75 Å². The Bertz CT molecular complexity index is 399. The van der Waals surface area contributed by atoms with Gasteiger partial charge in [0.25, 0.3) is 5.91 Å². The molecule has 0 saturated carbocycles. The topological polar surface area (TPSA) is 55.4 Å². The Labute approximate surface area is 88.2 Å². The van der Waals surface area contributed by atoms with E-state index in [1.54, 1.807) is 6.07 Å². The first-order valence-corrected chi connectivity index (χ1v) is 4.50. The normalized spacial score (nSPS) is 9.53. The molecule has 1 rings (SSSR count). The highest BCUT2D eigenvalue weighted by molar-refractivity contribution is 6.29. The summed E-state index contributed by atoms with van der Waals surface area (Å²) in [5.74, 6) is -0.134. The summed E-state index contributed by atoms with van der Waals surface area (Å²) in [5, 5.41) is 2.45. The van der Waals surface area contributed by atoms with E-state index in [4.69, 9.17) is 4.74 Å². The van der Waals surface area contributed by atoms with Gasteiger partial charge in [0.2, 0.25) is 6.29 Å². The number of hydrogen-bond acceptors (Lipinski definition) is 3. The number of methoxy groups -OCH3 is 1. The van der Waals surface area contributed by atoms with Crippen LogP contribution in [0, 0.1) is 13.8 Å². The number of carbonyl (C=O) groups is 2. The van der Waals surface area contributed by atoms with Crippen LogP contribution < -0.4 is 10.1 Å². The third-order valence-electron chi connectivity index (χ3n) is 2.18. The summed E-state index contributed by atoms with van der Waals surface area (Å²) >= 11 is 0. The van der Waals surface area contributed by atoms with Crippen LogP contribution in [0.4, 0.5) is 5.69 Å². The molecule has 0 unspecified atom stereocenters. The summed E-state index contributed by atoms with van der Waals surface area (Å²) < 4.78 is 5.10.